The molecule has 0 bridgehead atoms. The van der Waals surface area contributed by atoms with Crippen LogP contribution < -0.4 is 10.0 Å². The molecule has 0 radical (unpaired) electrons. The zero-order valence-corrected chi connectivity index (χ0v) is 13.7. The maximum atomic E-state index is 12.4. The van der Waals surface area contributed by atoms with Crippen molar-refractivity contribution in [2.24, 2.45) is 0 Å². The van der Waals surface area contributed by atoms with Crippen LogP contribution in [0.1, 0.15) is 50.5 Å². The Morgan fingerprint density at radius 1 is 1.20 bits per heavy atom. The van der Waals surface area contributed by atoms with Crippen LogP contribution in [0, 0.1) is 0 Å². The maximum absolute atomic E-state index is 12.4. The van der Waals surface area contributed by atoms with Crippen LogP contribution in [0.25, 0.3) is 0 Å². The highest BCUT2D eigenvalue weighted by Gasteiger charge is 2.22. The Labute approximate surface area is 126 Å². The van der Waals surface area contributed by atoms with Gasteiger partial charge in [0.1, 0.15) is 4.21 Å². The van der Waals surface area contributed by atoms with E-state index in [0.717, 1.165) is 31.2 Å². The molecule has 1 aliphatic rings. The molecule has 0 amide bonds. The first-order valence-corrected chi connectivity index (χ1v) is 9.72. The summed E-state index contributed by atoms with van der Waals surface area (Å²) in [5, 5.41) is 4.94. The Hall–Kier alpha value is -0.430. The highest BCUT2D eigenvalue weighted by Crippen LogP contribution is 2.23. The van der Waals surface area contributed by atoms with Gasteiger partial charge in [-0.1, -0.05) is 32.1 Å². The van der Waals surface area contributed by atoms with Crippen molar-refractivity contribution in [3.05, 3.63) is 17.0 Å². The number of sulfonamides is 1. The third-order valence-corrected chi connectivity index (χ3v) is 6.71. The highest BCUT2D eigenvalue weighted by atomic mass is 32.2. The van der Waals surface area contributed by atoms with E-state index in [-0.39, 0.29) is 6.04 Å². The van der Waals surface area contributed by atoms with Gasteiger partial charge in [0.05, 0.1) is 0 Å². The van der Waals surface area contributed by atoms with Crippen LogP contribution in [0.4, 0.5) is 0 Å². The standard InChI is InChI=1S/C14H24N2O2S2/c1-15-10-12-9-14(19-11-12)20(17,18)16-13-7-5-3-2-4-6-8-13/h9,11,13,15-16H,2-8,10H2,1H3. The Kier molecular flexibility index (Phi) is 6.01. The second kappa shape index (κ2) is 7.54. The lowest BCUT2D eigenvalue weighted by Gasteiger charge is -2.20. The van der Waals surface area contributed by atoms with Gasteiger partial charge in [0.2, 0.25) is 10.0 Å². The molecule has 0 aromatic carbocycles. The van der Waals surface area contributed by atoms with Gasteiger partial charge in [-0.05, 0) is 36.9 Å². The Morgan fingerprint density at radius 3 is 2.50 bits per heavy atom. The van der Waals surface area contributed by atoms with Gasteiger partial charge in [-0.3, -0.25) is 0 Å². The van der Waals surface area contributed by atoms with Gasteiger partial charge in [0.15, 0.2) is 0 Å². The van der Waals surface area contributed by atoms with E-state index in [4.69, 9.17) is 0 Å². The fourth-order valence-corrected chi connectivity index (χ4v) is 5.17. The second-order valence-electron chi connectivity index (χ2n) is 5.47. The van der Waals surface area contributed by atoms with Crippen molar-refractivity contribution in [1.29, 1.82) is 0 Å². The number of nitrogens with one attached hydrogen (secondary N) is 2. The van der Waals surface area contributed by atoms with Crippen molar-refractivity contribution < 1.29 is 8.42 Å². The van der Waals surface area contributed by atoms with Crippen LogP contribution in [0.5, 0.6) is 0 Å². The molecule has 0 aliphatic heterocycles. The third-order valence-electron chi connectivity index (χ3n) is 3.70. The van der Waals surface area contributed by atoms with Crippen molar-refractivity contribution in [3.63, 3.8) is 0 Å². The average molecular weight is 316 g/mol. The monoisotopic (exact) mass is 316 g/mol. The van der Waals surface area contributed by atoms with Crippen molar-refractivity contribution in [1.82, 2.24) is 10.0 Å². The molecule has 6 heteroatoms. The van der Waals surface area contributed by atoms with Crippen LogP contribution >= 0.6 is 11.3 Å². The van der Waals surface area contributed by atoms with Gasteiger partial charge in [-0.2, -0.15) is 0 Å². The van der Waals surface area contributed by atoms with E-state index >= 15 is 0 Å². The molecule has 114 valence electrons. The van der Waals surface area contributed by atoms with Gasteiger partial charge in [-0.15, -0.1) is 11.3 Å². The van der Waals surface area contributed by atoms with Gasteiger partial charge in [-0.25, -0.2) is 13.1 Å². The molecular formula is C14H24N2O2S2. The van der Waals surface area contributed by atoms with Gasteiger partial charge in [0, 0.05) is 12.6 Å². The van der Waals surface area contributed by atoms with E-state index in [1.54, 1.807) is 6.07 Å². The summed E-state index contributed by atoms with van der Waals surface area (Å²) in [4.78, 5) is 0. The quantitative estimate of drug-likeness (QED) is 0.878. The molecule has 0 spiro atoms. The van der Waals surface area contributed by atoms with E-state index in [9.17, 15) is 8.42 Å². The van der Waals surface area contributed by atoms with Gasteiger partial charge in [0.25, 0.3) is 0 Å². The first kappa shape index (κ1) is 15.9. The lowest BCUT2D eigenvalue weighted by Crippen LogP contribution is -2.34. The summed E-state index contributed by atoms with van der Waals surface area (Å²) in [5.41, 5.74) is 1.02. The summed E-state index contributed by atoms with van der Waals surface area (Å²) < 4.78 is 28.1. The molecule has 0 unspecified atom stereocenters. The summed E-state index contributed by atoms with van der Waals surface area (Å²) in [6, 6.07) is 1.88. The van der Waals surface area contributed by atoms with Crippen LogP contribution in [-0.2, 0) is 16.6 Å². The van der Waals surface area contributed by atoms with Crippen molar-refractivity contribution in [2.45, 2.75) is 61.7 Å². The maximum Gasteiger partial charge on any atom is 0.250 e. The molecule has 1 aromatic rings. The first-order chi connectivity index (χ1) is 9.62. The minimum absolute atomic E-state index is 0.107. The Balaban J connectivity index is 2.01. The zero-order valence-electron chi connectivity index (χ0n) is 12.0. The highest BCUT2D eigenvalue weighted by molar-refractivity contribution is 7.91. The molecule has 1 aliphatic carbocycles. The average Bonchev–Trinajstić information content (AvgIpc) is 2.82. The molecule has 1 fully saturated rings. The van der Waals surface area contributed by atoms with Crippen LogP contribution in [0.3, 0.4) is 0 Å². The molecular weight excluding hydrogens is 292 g/mol. The first-order valence-electron chi connectivity index (χ1n) is 7.36. The normalized spacial score (nSPS) is 18.6. The fraction of sp³-hybridized carbons (Fsp3) is 0.714. The predicted molar refractivity (Wildman–Crippen MR) is 83.5 cm³/mol. The van der Waals surface area contributed by atoms with E-state index in [1.165, 1.54) is 30.6 Å². The van der Waals surface area contributed by atoms with Crippen LogP contribution in [0.15, 0.2) is 15.7 Å². The van der Waals surface area contributed by atoms with Crippen LogP contribution in [-0.4, -0.2) is 21.5 Å². The SMILES string of the molecule is CNCc1csc(S(=O)(=O)NC2CCCCCCC2)c1. The molecule has 0 saturated heterocycles. The predicted octanol–water partition coefficient (Wildman–Crippen LogP) is 2.86. The third kappa shape index (κ3) is 4.55. The van der Waals surface area contributed by atoms with Crippen molar-refractivity contribution in [2.75, 3.05) is 7.05 Å². The van der Waals surface area contributed by atoms with E-state index in [0.29, 0.717) is 10.8 Å². The minimum Gasteiger partial charge on any atom is -0.316 e. The van der Waals surface area contributed by atoms with Crippen molar-refractivity contribution in [3.8, 4) is 0 Å². The molecule has 2 N–H and O–H groups in total. The zero-order chi connectivity index (χ0) is 14.4. The molecule has 0 atom stereocenters. The second-order valence-corrected chi connectivity index (χ2v) is 8.32. The number of thiophene rings is 1. The molecule has 1 saturated carbocycles. The Bertz CT molecular complexity index is 503. The van der Waals surface area contributed by atoms with Gasteiger partial charge >= 0.3 is 0 Å². The van der Waals surface area contributed by atoms with Crippen LogP contribution in [0.2, 0.25) is 0 Å². The molecule has 2 rings (SSSR count). The fourth-order valence-electron chi connectivity index (χ4n) is 2.64. The lowest BCUT2D eigenvalue weighted by atomic mass is 9.97. The molecule has 1 aromatic heterocycles. The summed E-state index contributed by atoms with van der Waals surface area (Å²) in [7, 11) is -1.49. The number of rotatable bonds is 5. The van der Waals surface area contributed by atoms with E-state index in [1.807, 2.05) is 12.4 Å². The summed E-state index contributed by atoms with van der Waals surface area (Å²) >= 11 is 1.30. The summed E-state index contributed by atoms with van der Waals surface area (Å²) in [6.45, 7) is 0.704. The summed E-state index contributed by atoms with van der Waals surface area (Å²) in [5.74, 6) is 0. The lowest BCUT2D eigenvalue weighted by molar-refractivity contribution is 0.427. The van der Waals surface area contributed by atoms with Crippen molar-refractivity contribution >= 4 is 21.4 Å². The van der Waals surface area contributed by atoms with Gasteiger partial charge < -0.3 is 5.32 Å². The minimum atomic E-state index is -3.34. The van der Waals surface area contributed by atoms with E-state index < -0.39 is 10.0 Å². The Morgan fingerprint density at radius 2 is 1.85 bits per heavy atom. The largest absolute Gasteiger partial charge is 0.316 e. The molecule has 4 nitrogen and oxygen atoms in total. The molecule has 20 heavy (non-hydrogen) atoms. The number of hydrogen-bond donors (Lipinski definition) is 2. The topological polar surface area (TPSA) is 58.2 Å². The smallest absolute Gasteiger partial charge is 0.250 e. The number of hydrogen-bond acceptors (Lipinski definition) is 4. The summed E-state index contributed by atoms with van der Waals surface area (Å²) in [6.07, 6.45) is 7.93. The van der Waals surface area contributed by atoms with E-state index in [2.05, 4.69) is 10.0 Å². The molecule has 1 heterocycles.